The molecule has 0 fully saturated rings. The summed E-state index contributed by atoms with van der Waals surface area (Å²) in [6.45, 7) is 0.173. The third kappa shape index (κ3) is 4.63. The zero-order valence-corrected chi connectivity index (χ0v) is 19.0. The number of carbonyl (C=O) groups is 1. The molecule has 2 N–H and O–H groups in total. The molecule has 0 unspecified atom stereocenters. The van der Waals surface area contributed by atoms with Gasteiger partial charge >= 0.3 is 5.97 Å². The second-order valence-corrected chi connectivity index (χ2v) is 8.51. The lowest BCUT2D eigenvalue weighted by Gasteiger charge is -2.14. The van der Waals surface area contributed by atoms with Gasteiger partial charge in [0.2, 0.25) is 0 Å². The van der Waals surface area contributed by atoms with Crippen LogP contribution < -0.4 is 5.32 Å². The molecule has 0 radical (unpaired) electrons. The van der Waals surface area contributed by atoms with Gasteiger partial charge in [0.05, 0.1) is 24.2 Å². The maximum absolute atomic E-state index is 14.7. The highest BCUT2D eigenvalue weighted by atomic mass is 35.5. The fourth-order valence-corrected chi connectivity index (χ4v) is 4.32. The molecule has 0 atom stereocenters. The highest BCUT2D eigenvalue weighted by Crippen LogP contribution is 2.36. The van der Waals surface area contributed by atoms with E-state index >= 15 is 0 Å². The van der Waals surface area contributed by atoms with Gasteiger partial charge in [0.25, 0.3) is 0 Å². The van der Waals surface area contributed by atoms with E-state index in [1.165, 1.54) is 18.2 Å². The number of aliphatic carboxylic acids is 1. The molecule has 0 saturated heterocycles. The Bertz CT molecular complexity index is 1480. The first-order valence-corrected chi connectivity index (χ1v) is 11.1. The number of aliphatic imine (C=N–C) groups is 1. The molecule has 2 heterocycles. The van der Waals surface area contributed by atoms with Crippen molar-refractivity contribution in [3.8, 4) is 11.1 Å². The molecule has 0 amide bonds. The number of hydrogen-bond donors (Lipinski definition) is 2. The number of halogens is 3. The van der Waals surface area contributed by atoms with Crippen molar-refractivity contribution in [3.05, 3.63) is 112 Å². The van der Waals surface area contributed by atoms with E-state index in [1.54, 1.807) is 42.6 Å². The standard InChI is InChI=1S/C27H18ClF2N3O2/c28-17-7-8-19-20-12-24(33-18-4-1-3-15(9-18)10-25(34)35)31-13-16(20)14-32-27(21(19)11-17)26-22(29)5-2-6-23(26)30/h1-9,11-13H,10,14H2,(H,31,33)(H,34,35). The molecule has 35 heavy (non-hydrogen) atoms. The molecule has 1 aliphatic rings. The quantitative estimate of drug-likeness (QED) is 0.340. The van der Waals surface area contributed by atoms with Crippen LogP contribution in [0.15, 0.2) is 77.9 Å². The van der Waals surface area contributed by atoms with Gasteiger partial charge in [-0.15, -0.1) is 0 Å². The molecule has 5 nitrogen and oxygen atoms in total. The van der Waals surface area contributed by atoms with Crippen LogP contribution in [-0.4, -0.2) is 21.8 Å². The summed E-state index contributed by atoms with van der Waals surface area (Å²) in [4.78, 5) is 20.1. The van der Waals surface area contributed by atoms with E-state index < -0.39 is 17.6 Å². The van der Waals surface area contributed by atoms with Crippen molar-refractivity contribution < 1.29 is 18.7 Å². The summed E-state index contributed by atoms with van der Waals surface area (Å²) in [5.41, 5.74) is 4.13. The van der Waals surface area contributed by atoms with E-state index in [9.17, 15) is 13.6 Å². The highest BCUT2D eigenvalue weighted by molar-refractivity contribution is 6.31. The van der Waals surface area contributed by atoms with Crippen LogP contribution in [0.4, 0.5) is 20.3 Å². The van der Waals surface area contributed by atoms with Crippen LogP contribution >= 0.6 is 11.6 Å². The van der Waals surface area contributed by atoms with Crippen LogP contribution in [0.3, 0.4) is 0 Å². The Labute approximate surface area is 204 Å². The third-order valence-electron chi connectivity index (χ3n) is 5.68. The van der Waals surface area contributed by atoms with Crippen molar-refractivity contribution in [2.45, 2.75) is 13.0 Å². The topological polar surface area (TPSA) is 74.6 Å². The largest absolute Gasteiger partial charge is 0.481 e. The smallest absolute Gasteiger partial charge is 0.307 e. The summed E-state index contributed by atoms with van der Waals surface area (Å²) in [6.07, 6.45) is 1.58. The van der Waals surface area contributed by atoms with Gasteiger partial charge in [0.1, 0.15) is 17.5 Å². The zero-order chi connectivity index (χ0) is 24.5. The molecule has 5 rings (SSSR count). The minimum atomic E-state index is -0.914. The molecule has 0 bridgehead atoms. The fraction of sp³-hybridized carbons (Fsp3) is 0.0741. The first-order chi connectivity index (χ1) is 16.9. The molecular formula is C27H18ClF2N3O2. The Morgan fingerprint density at radius 3 is 2.51 bits per heavy atom. The molecule has 3 aromatic carbocycles. The molecule has 0 saturated carbocycles. The minimum absolute atomic E-state index is 0.0893. The summed E-state index contributed by atoms with van der Waals surface area (Å²) >= 11 is 6.27. The summed E-state index contributed by atoms with van der Waals surface area (Å²) < 4.78 is 29.4. The van der Waals surface area contributed by atoms with E-state index in [-0.39, 0.29) is 24.2 Å². The van der Waals surface area contributed by atoms with Crippen LogP contribution in [0.25, 0.3) is 11.1 Å². The number of carboxylic acids is 1. The van der Waals surface area contributed by atoms with Gasteiger partial charge in [0, 0.05) is 22.5 Å². The lowest BCUT2D eigenvalue weighted by atomic mass is 9.92. The molecule has 1 aliphatic heterocycles. The van der Waals surface area contributed by atoms with Crippen LogP contribution in [0, 0.1) is 11.6 Å². The second-order valence-electron chi connectivity index (χ2n) is 8.07. The van der Waals surface area contributed by atoms with Crippen LogP contribution in [-0.2, 0) is 17.8 Å². The van der Waals surface area contributed by atoms with E-state index in [4.69, 9.17) is 16.7 Å². The molecular weight excluding hydrogens is 472 g/mol. The van der Waals surface area contributed by atoms with Crippen LogP contribution in [0.1, 0.15) is 22.3 Å². The third-order valence-corrected chi connectivity index (χ3v) is 5.91. The predicted molar refractivity (Wildman–Crippen MR) is 131 cm³/mol. The number of aromatic nitrogens is 1. The Hall–Kier alpha value is -4.10. The number of carboxylic acid groups (broad SMARTS) is 1. The van der Waals surface area contributed by atoms with Gasteiger partial charge in [-0.1, -0.05) is 35.9 Å². The predicted octanol–water partition coefficient (Wildman–Crippen LogP) is 6.40. The number of pyridine rings is 1. The monoisotopic (exact) mass is 489 g/mol. The Kier molecular flexibility index (Phi) is 6.01. The average molecular weight is 490 g/mol. The summed E-state index contributed by atoms with van der Waals surface area (Å²) in [6, 6.07) is 17.8. The molecule has 8 heteroatoms. The van der Waals surface area contributed by atoms with Gasteiger partial charge in [-0.25, -0.2) is 13.8 Å². The van der Waals surface area contributed by atoms with Gasteiger partial charge < -0.3 is 10.4 Å². The minimum Gasteiger partial charge on any atom is -0.481 e. The number of nitrogens with zero attached hydrogens (tertiary/aromatic N) is 2. The molecule has 0 spiro atoms. The summed E-state index contributed by atoms with van der Waals surface area (Å²) in [5, 5.41) is 12.7. The van der Waals surface area contributed by atoms with Crippen molar-refractivity contribution in [1.29, 1.82) is 0 Å². The number of benzene rings is 3. The van der Waals surface area contributed by atoms with E-state index in [0.717, 1.165) is 11.1 Å². The van der Waals surface area contributed by atoms with Crippen molar-refractivity contribution >= 4 is 34.8 Å². The number of fused-ring (bicyclic) bond motifs is 3. The number of rotatable bonds is 5. The average Bonchev–Trinajstić information content (AvgIpc) is 2.96. The van der Waals surface area contributed by atoms with Gasteiger partial charge in [-0.2, -0.15) is 0 Å². The van der Waals surface area contributed by atoms with E-state index in [1.807, 2.05) is 12.1 Å². The number of anilines is 2. The lowest BCUT2D eigenvalue weighted by Crippen LogP contribution is -2.10. The van der Waals surface area contributed by atoms with Crippen molar-refractivity contribution in [1.82, 2.24) is 4.98 Å². The summed E-state index contributed by atoms with van der Waals surface area (Å²) in [7, 11) is 0. The van der Waals surface area contributed by atoms with E-state index in [0.29, 0.717) is 33.2 Å². The first kappa shape index (κ1) is 22.7. The fourth-order valence-electron chi connectivity index (χ4n) is 4.14. The summed E-state index contributed by atoms with van der Waals surface area (Å²) in [5.74, 6) is -1.80. The number of hydrogen-bond acceptors (Lipinski definition) is 4. The first-order valence-electron chi connectivity index (χ1n) is 10.7. The second kappa shape index (κ2) is 9.27. The van der Waals surface area contributed by atoms with Crippen molar-refractivity contribution in [2.75, 3.05) is 5.32 Å². The zero-order valence-electron chi connectivity index (χ0n) is 18.2. The SMILES string of the molecule is O=C(O)Cc1cccc(Nc2cc3c(cn2)CN=C(c2c(F)cccc2F)c2cc(Cl)ccc2-3)c1. The van der Waals surface area contributed by atoms with Crippen LogP contribution in [0.5, 0.6) is 0 Å². The Balaban J connectivity index is 1.58. The van der Waals surface area contributed by atoms with Crippen molar-refractivity contribution in [3.63, 3.8) is 0 Å². The highest BCUT2D eigenvalue weighted by Gasteiger charge is 2.24. The van der Waals surface area contributed by atoms with Gasteiger partial charge in [0.15, 0.2) is 0 Å². The maximum Gasteiger partial charge on any atom is 0.307 e. The molecule has 0 aliphatic carbocycles. The molecule has 4 aromatic rings. The normalized spacial score (nSPS) is 12.3. The maximum atomic E-state index is 14.7. The lowest BCUT2D eigenvalue weighted by molar-refractivity contribution is -0.136. The Morgan fingerprint density at radius 1 is 0.971 bits per heavy atom. The van der Waals surface area contributed by atoms with E-state index in [2.05, 4.69) is 15.3 Å². The van der Waals surface area contributed by atoms with Crippen LogP contribution in [0.2, 0.25) is 5.02 Å². The van der Waals surface area contributed by atoms with Crippen molar-refractivity contribution in [2.24, 2.45) is 4.99 Å². The van der Waals surface area contributed by atoms with Gasteiger partial charge in [-0.05, 0) is 64.7 Å². The molecule has 174 valence electrons. The molecule has 1 aromatic heterocycles. The van der Waals surface area contributed by atoms with Gasteiger partial charge in [-0.3, -0.25) is 9.79 Å². The Morgan fingerprint density at radius 2 is 1.74 bits per heavy atom. The number of nitrogens with one attached hydrogen (secondary N) is 1.